The Morgan fingerprint density at radius 3 is 2.56 bits per heavy atom. The molecule has 186 valence electrons. The monoisotopic (exact) mass is 501 g/mol. The molecule has 7 heteroatoms. The number of ether oxygens (including phenoxy) is 1. The van der Waals surface area contributed by atoms with Gasteiger partial charge in [-0.2, -0.15) is 0 Å². The number of nitrogens with zero attached hydrogens (tertiary/aromatic N) is 2. The van der Waals surface area contributed by atoms with Gasteiger partial charge in [0.25, 0.3) is 5.91 Å². The molecule has 0 atom stereocenters. The van der Waals surface area contributed by atoms with Gasteiger partial charge in [-0.05, 0) is 80.2 Å². The van der Waals surface area contributed by atoms with E-state index in [1.54, 1.807) is 17.5 Å². The summed E-state index contributed by atoms with van der Waals surface area (Å²) in [6.45, 7) is 4.31. The topological polar surface area (TPSA) is 72.7 Å². The van der Waals surface area contributed by atoms with Crippen LogP contribution < -0.4 is 5.32 Å². The van der Waals surface area contributed by atoms with Gasteiger partial charge in [0.1, 0.15) is 5.69 Å². The Balaban J connectivity index is 1.21. The van der Waals surface area contributed by atoms with Crippen molar-refractivity contribution in [1.29, 1.82) is 0 Å². The number of imidazole rings is 1. The summed E-state index contributed by atoms with van der Waals surface area (Å²) in [4.78, 5) is 30.9. The van der Waals surface area contributed by atoms with E-state index in [4.69, 9.17) is 4.74 Å². The fourth-order valence-corrected chi connectivity index (χ4v) is 6.00. The summed E-state index contributed by atoms with van der Waals surface area (Å²) in [6, 6.07) is 16.5. The van der Waals surface area contributed by atoms with Crippen molar-refractivity contribution in [2.45, 2.75) is 51.9 Å². The molecule has 0 unspecified atom stereocenters. The number of anilines is 1. The van der Waals surface area contributed by atoms with Crippen LogP contribution in [-0.2, 0) is 9.53 Å². The van der Waals surface area contributed by atoms with Gasteiger partial charge in [0.2, 0.25) is 0 Å². The Bertz CT molecular complexity index is 1330. The van der Waals surface area contributed by atoms with Crippen molar-refractivity contribution >= 4 is 33.9 Å². The molecular weight excluding hydrogens is 470 g/mol. The second-order valence-electron chi connectivity index (χ2n) is 9.58. The SMILES string of the molecule is CCOC(=O)C[C@H]1CC[C@H](c2ccc(-c3cn4cc(C(=O)Nc5cccc(C)c5)nc4s3)cc2)CC1. The highest BCUT2D eigenvalue weighted by Crippen LogP contribution is 2.38. The first kappa shape index (κ1) is 24.3. The van der Waals surface area contributed by atoms with Crippen LogP contribution in [0, 0.1) is 12.8 Å². The van der Waals surface area contributed by atoms with Gasteiger partial charge >= 0.3 is 5.97 Å². The number of nitrogens with one attached hydrogen (secondary N) is 1. The average Bonchev–Trinajstić information content (AvgIpc) is 3.45. The minimum atomic E-state index is -0.209. The minimum Gasteiger partial charge on any atom is -0.466 e. The average molecular weight is 502 g/mol. The zero-order chi connectivity index (χ0) is 25.1. The molecule has 2 aromatic carbocycles. The standard InChI is InChI=1S/C29H31N3O3S/c1-3-35-27(33)16-20-7-9-21(10-8-20)22-11-13-23(14-12-22)26-18-32-17-25(31-29(32)36-26)28(34)30-24-6-4-5-19(2)15-24/h4-6,11-15,17-18,20-21H,3,7-10,16H2,1-2H3,(H,30,34)/t20-,21-. The van der Waals surface area contributed by atoms with E-state index in [1.807, 2.05) is 48.7 Å². The van der Waals surface area contributed by atoms with Crippen molar-refractivity contribution in [3.05, 3.63) is 77.7 Å². The van der Waals surface area contributed by atoms with Crippen LogP contribution in [0.4, 0.5) is 5.69 Å². The second kappa shape index (κ2) is 10.7. The van der Waals surface area contributed by atoms with E-state index in [2.05, 4.69) is 34.6 Å². The maximum atomic E-state index is 12.6. The van der Waals surface area contributed by atoms with Crippen molar-refractivity contribution in [3.63, 3.8) is 0 Å². The van der Waals surface area contributed by atoms with Crippen molar-refractivity contribution in [2.24, 2.45) is 5.92 Å². The van der Waals surface area contributed by atoms with Gasteiger partial charge in [-0.1, -0.05) is 47.7 Å². The van der Waals surface area contributed by atoms with E-state index in [1.165, 1.54) is 5.56 Å². The summed E-state index contributed by atoms with van der Waals surface area (Å²) in [5, 5.41) is 2.92. The van der Waals surface area contributed by atoms with E-state index >= 15 is 0 Å². The fraction of sp³-hybridized carbons (Fsp3) is 0.345. The van der Waals surface area contributed by atoms with Crippen LogP contribution >= 0.6 is 11.3 Å². The minimum absolute atomic E-state index is 0.0633. The quantitative estimate of drug-likeness (QED) is 0.281. The third-order valence-corrected chi connectivity index (χ3v) is 7.98. The molecule has 0 saturated heterocycles. The van der Waals surface area contributed by atoms with Gasteiger partial charge in [-0.3, -0.25) is 14.0 Å². The van der Waals surface area contributed by atoms with Crippen molar-refractivity contribution in [2.75, 3.05) is 11.9 Å². The Kier molecular flexibility index (Phi) is 7.18. The highest BCUT2D eigenvalue weighted by Gasteiger charge is 2.24. The Hall–Kier alpha value is -3.45. The van der Waals surface area contributed by atoms with Crippen LogP contribution in [0.5, 0.6) is 0 Å². The molecule has 2 heterocycles. The number of carbonyl (C=O) groups excluding carboxylic acids is 2. The van der Waals surface area contributed by atoms with E-state index in [-0.39, 0.29) is 11.9 Å². The van der Waals surface area contributed by atoms with Crippen molar-refractivity contribution in [3.8, 4) is 10.4 Å². The molecule has 5 rings (SSSR count). The number of hydrogen-bond acceptors (Lipinski definition) is 5. The summed E-state index contributed by atoms with van der Waals surface area (Å²) < 4.78 is 7.03. The molecule has 0 radical (unpaired) electrons. The molecule has 6 nitrogen and oxygen atoms in total. The number of esters is 1. The van der Waals surface area contributed by atoms with Crippen LogP contribution in [0.1, 0.15) is 66.6 Å². The second-order valence-corrected chi connectivity index (χ2v) is 10.6. The van der Waals surface area contributed by atoms with Gasteiger partial charge < -0.3 is 10.1 Å². The summed E-state index contributed by atoms with van der Waals surface area (Å²) in [5.74, 6) is 0.726. The largest absolute Gasteiger partial charge is 0.466 e. The zero-order valence-electron chi connectivity index (χ0n) is 20.7. The molecule has 1 aliphatic rings. The molecular formula is C29H31N3O3S. The van der Waals surface area contributed by atoms with Crippen LogP contribution in [-0.4, -0.2) is 27.9 Å². The Morgan fingerprint density at radius 1 is 1.08 bits per heavy atom. The predicted molar refractivity (Wildman–Crippen MR) is 144 cm³/mol. The van der Waals surface area contributed by atoms with Crippen LogP contribution in [0.25, 0.3) is 15.4 Å². The van der Waals surface area contributed by atoms with E-state index < -0.39 is 0 Å². The summed E-state index contributed by atoms with van der Waals surface area (Å²) in [6.07, 6.45) is 8.75. The molecule has 0 aliphatic heterocycles. The lowest BCUT2D eigenvalue weighted by Crippen LogP contribution is -2.17. The molecule has 1 amide bonds. The van der Waals surface area contributed by atoms with Crippen molar-refractivity contribution < 1.29 is 14.3 Å². The van der Waals surface area contributed by atoms with Gasteiger partial charge in [-0.15, -0.1) is 0 Å². The number of amides is 1. The molecule has 1 N–H and O–H groups in total. The van der Waals surface area contributed by atoms with E-state index in [0.717, 1.165) is 52.3 Å². The van der Waals surface area contributed by atoms with Crippen LogP contribution in [0.3, 0.4) is 0 Å². The summed E-state index contributed by atoms with van der Waals surface area (Å²) in [7, 11) is 0. The van der Waals surface area contributed by atoms with Crippen molar-refractivity contribution in [1.82, 2.24) is 9.38 Å². The van der Waals surface area contributed by atoms with E-state index in [0.29, 0.717) is 30.6 Å². The number of thiazole rings is 1. The molecule has 1 aliphatic carbocycles. The lowest BCUT2D eigenvalue weighted by molar-refractivity contribution is -0.144. The van der Waals surface area contributed by atoms with Gasteiger partial charge in [-0.25, -0.2) is 4.98 Å². The number of carbonyl (C=O) groups is 2. The van der Waals surface area contributed by atoms with Gasteiger partial charge in [0.05, 0.1) is 11.5 Å². The van der Waals surface area contributed by atoms with Crippen LogP contribution in [0.2, 0.25) is 0 Å². The number of fused-ring (bicyclic) bond motifs is 1. The normalized spacial score (nSPS) is 17.7. The number of aromatic nitrogens is 2. The van der Waals surface area contributed by atoms with Gasteiger partial charge in [0, 0.05) is 24.5 Å². The zero-order valence-corrected chi connectivity index (χ0v) is 21.5. The number of rotatable bonds is 7. The number of benzene rings is 2. The smallest absolute Gasteiger partial charge is 0.306 e. The summed E-state index contributed by atoms with van der Waals surface area (Å²) >= 11 is 1.58. The lowest BCUT2D eigenvalue weighted by atomic mass is 9.77. The first-order chi connectivity index (χ1) is 17.5. The fourth-order valence-electron chi connectivity index (χ4n) is 5.03. The predicted octanol–water partition coefficient (Wildman–Crippen LogP) is 6.85. The Morgan fingerprint density at radius 2 is 1.86 bits per heavy atom. The molecule has 4 aromatic rings. The Labute approximate surface area is 215 Å². The first-order valence-corrected chi connectivity index (χ1v) is 13.4. The first-order valence-electron chi connectivity index (χ1n) is 12.6. The van der Waals surface area contributed by atoms with E-state index in [9.17, 15) is 9.59 Å². The number of aryl methyl sites for hydroxylation is 1. The van der Waals surface area contributed by atoms with Crippen LogP contribution in [0.15, 0.2) is 60.9 Å². The highest BCUT2D eigenvalue weighted by atomic mass is 32.1. The molecule has 0 spiro atoms. The third-order valence-electron chi connectivity index (χ3n) is 6.94. The lowest BCUT2D eigenvalue weighted by Gasteiger charge is -2.28. The third kappa shape index (κ3) is 5.51. The molecule has 1 saturated carbocycles. The van der Waals surface area contributed by atoms with Gasteiger partial charge in [0.15, 0.2) is 4.96 Å². The number of hydrogen-bond donors (Lipinski definition) is 1. The molecule has 36 heavy (non-hydrogen) atoms. The molecule has 2 aromatic heterocycles. The highest BCUT2D eigenvalue weighted by molar-refractivity contribution is 7.20. The molecule has 1 fully saturated rings. The maximum Gasteiger partial charge on any atom is 0.306 e. The maximum absolute atomic E-state index is 12.6. The summed E-state index contributed by atoms with van der Waals surface area (Å²) in [5.41, 5.74) is 4.78. The molecule has 0 bridgehead atoms.